The normalized spacial score (nSPS) is 22.6. The standard InChI is InChI=1S/C17H28N2O/c1-14-6-4-5-7-17(14)18-12-13-19(2)15-8-10-16(20-3)11-9-15/h8-11,14,17-18H,4-7,12-13H2,1-3H3. The maximum Gasteiger partial charge on any atom is 0.119 e. The number of anilines is 1. The van der Waals surface area contributed by atoms with Crippen LogP contribution in [0.3, 0.4) is 0 Å². The Bertz CT molecular complexity index is 390. The average molecular weight is 276 g/mol. The molecule has 2 rings (SSSR count). The van der Waals surface area contributed by atoms with Crippen LogP contribution in [0.5, 0.6) is 5.75 Å². The minimum atomic E-state index is 0.716. The molecule has 2 unspecified atom stereocenters. The first-order valence-corrected chi connectivity index (χ1v) is 7.79. The Labute approximate surface area is 123 Å². The molecule has 1 fully saturated rings. The molecule has 0 aromatic heterocycles. The van der Waals surface area contributed by atoms with Crippen molar-refractivity contribution in [3.8, 4) is 5.75 Å². The van der Waals surface area contributed by atoms with Crippen LogP contribution in [-0.4, -0.2) is 33.3 Å². The second-order valence-corrected chi connectivity index (χ2v) is 5.94. The quantitative estimate of drug-likeness (QED) is 0.863. The highest BCUT2D eigenvalue weighted by Crippen LogP contribution is 2.23. The van der Waals surface area contributed by atoms with Gasteiger partial charge in [0.2, 0.25) is 0 Å². The molecule has 0 radical (unpaired) electrons. The SMILES string of the molecule is COc1ccc(N(C)CCNC2CCCCC2C)cc1. The van der Waals surface area contributed by atoms with Crippen molar-refractivity contribution in [3.63, 3.8) is 0 Å². The summed E-state index contributed by atoms with van der Waals surface area (Å²) in [6.45, 7) is 4.47. The summed E-state index contributed by atoms with van der Waals surface area (Å²) >= 11 is 0. The van der Waals surface area contributed by atoms with Crippen LogP contribution in [0.1, 0.15) is 32.6 Å². The van der Waals surface area contributed by atoms with Crippen LogP contribution in [0.2, 0.25) is 0 Å². The molecular formula is C17H28N2O. The van der Waals surface area contributed by atoms with Gasteiger partial charge in [-0.3, -0.25) is 0 Å². The number of nitrogens with one attached hydrogen (secondary N) is 1. The van der Waals surface area contributed by atoms with Gasteiger partial charge in [-0.15, -0.1) is 0 Å². The largest absolute Gasteiger partial charge is 0.497 e. The van der Waals surface area contributed by atoms with Gasteiger partial charge in [0, 0.05) is 31.9 Å². The van der Waals surface area contributed by atoms with E-state index in [0.29, 0.717) is 6.04 Å². The van der Waals surface area contributed by atoms with E-state index in [4.69, 9.17) is 4.74 Å². The van der Waals surface area contributed by atoms with Crippen molar-refractivity contribution in [3.05, 3.63) is 24.3 Å². The van der Waals surface area contributed by atoms with E-state index < -0.39 is 0 Å². The second kappa shape index (κ2) is 7.53. The van der Waals surface area contributed by atoms with E-state index >= 15 is 0 Å². The molecule has 0 bridgehead atoms. The monoisotopic (exact) mass is 276 g/mol. The highest BCUT2D eigenvalue weighted by molar-refractivity contribution is 5.48. The van der Waals surface area contributed by atoms with Crippen LogP contribution < -0.4 is 15.0 Å². The molecule has 20 heavy (non-hydrogen) atoms. The third kappa shape index (κ3) is 4.14. The van der Waals surface area contributed by atoms with E-state index in [1.54, 1.807) is 7.11 Å². The third-order valence-corrected chi connectivity index (χ3v) is 4.48. The van der Waals surface area contributed by atoms with Gasteiger partial charge in [0.25, 0.3) is 0 Å². The average Bonchev–Trinajstić information content (AvgIpc) is 2.49. The van der Waals surface area contributed by atoms with Gasteiger partial charge in [-0.05, 0) is 43.0 Å². The molecule has 0 heterocycles. The number of benzene rings is 1. The number of ether oxygens (including phenoxy) is 1. The summed E-state index contributed by atoms with van der Waals surface area (Å²) in [6, 6.07) is 8.97. The first-order chi connectivity index (χ1) is 9.70. The summed E-state index contributed by atoms with van der Waals surface area (Å²) < 4.78 is 5.19. The van der Waals surface area contributed by atoms with Crippen LogP contribution >= 0.6 is 0 Å². The van der Waals surface area contributed by atoms with E-state index in [1.165, 1.54) is 31.4 Å². The Morgan fingerprint density at radius 2 is 1.90 bits per heavy atom. The fraction of sp³-hybridized carbons (Fsp3) is 0.647. The van der Waals surface area contributed by atoms with Crippen LogP contribution in [-0.2, 0) is 0 Å². The van der Waals surface area contributed by atoms with Crippen LogP contribution in [0.25, 0.3) is 0 Å². The van der Waals surface area contributed by atoms with Gasteiger partial charge in [-0.1, -0.05) is 19.8 Å². The number of hydrogen-bond donors (Lipinski definition) is 1. The lowest BCUT2D eigenvalue weighted by molar-refractivity contribution is 0.283. The van der Waals surface area contributed by atoms with E-state index in [9.17, 15) is 0 Å². The lowest BCUT2D eigenvalue weighted by Gasteiger charge is -2.30. The Balaban J connectivity index is 1.75. The summed E-state index contributed by atoms with van der Waals surface area (Å²) in [4.78, 5) is 2.29. The molecule has 2 atom stereocenters. The first kappa shape index (κ1) is 15.2. The zero-order valence-corrected chi connectivity index (χ0v) is 13.1. The number of rotatable bonds is 6. The number of methoxy groups -OCH3 is 1. The predicted molar refractivity (Wildman–Crippen MR) is 85.7 cm³/mol. The van der Waals surface area contributed by atoms with Gasteiger partial charge >= 0.3 is 0 Å². The summed E-state index contributed by atoms with van der Waals surface area (Å²) in [5.74, 6) is 1.74. The zero-order valence-electron chi connectivity index (χ0n) is 13.1. The number of nitrogens with zero attached hydrogens (tertiary/aromatic N) is 1. The highest BCUT2D eigenvalue weighted by Gasteiger charge is 2.20. The van der Waals surface area contributed by atoms with E-state index in [-0.39, 0.29) is 0 Å². The molecule has 1 saturated carbocycles. The summed E-state index contributed by atoms with van der Waals surface area (Å²) in [5.41, 5.74) is 1.24. The van der Waals surface area contributed by atoms with Crippen molar-refractivity contribution >= 4 is 5.69 Å². The molecule has 0 spiro atoms. The van der Waals surface area contributed by atoms with Gasteiger partial charge in [0.05, 0.1) is 7.11 Å². The highest BCUT2D eigenvalue weighted by atomic mass is 16.5. The molecule has 1 N–H and O–H groups in total. The van der Waals surface area contributed by atoms with Crippen molar-refractivity contribution in [1.29, 1.82) is 0 Å². The molecular weight excluding hydrogens is 248 g/mol. The van der Waals surface area contributed by atoms with Crippen molar-refractivity contribution in [2.45, 2.75) is 38.6 Å². The fourth-order valence-electron chi connectivity index (χ4n) is 3.00. The Morgan fingerprint density at radius 3 is 2.55 bits per heavy atom. The summed E-state index contributed by atoms with van der Waals surface area (Å²) in [7, 11) is 3.85. The third-order valence-electron chi connectivity index (χ3n) is 4.48. The maximum atomic E-state index is 5.19. The molecule has 1 aliphatic carbocycles. The predicted octanol–water partition coefficient (Wildman–Crippen LogP) is 3.30. The van der Waals surface area contributed by atoms with Gasteiger partial charge in [0.1, 0.15) is 5.75 Å². The van der Waals surface area contributed by atoms with E-state index in [2.05, 4.69) is 36.3 Å². The van der Waals surface area contributed by atoms with Crippen molar-refractivity contribution in [1.82, 2.24) is 5.32 Å². The number of hydrogen-bond acceptors (Lipinski definition) is 3. The molecule has 1 aliphatic rings. The summed E-state index contributed by atoms with van der Waals surface area (Å²) in [6.07, 6.45) is 5.51. The molecule has 112 valence electrons. The molecule has 0 amide bonds. The maximum absolute atomic E-state index is 5.19. The van der Waals surface area contributed by atoms with Gasteiger partial charge in [-0.2, -0.15) is 0 Å². The molecule has 3 heteroatoms. The molecule has 1 aromatic carbocycles. The molecule has 0 aliphatic heterocycles. The Hall–Kier alpha value is -1.22. The Morgan fingerprint density at radius 1 is 1.20 bits per heavy atom. The van der Waals surface area contributed by atoms with Crippen molar-refractivity contribution < 1.29 is 4.74 Å². The number of likely N-dealkylation sites (N-methyl/N-ethyl adjacent to an activating group) is 1. The van der Waals surface area contributed by atoms with Gasteiger partial charge in [-0.25, -0.2) is 0 Å². The first-order valence-electron chi connectivity index (χ1n) is 7.79. The van der Waals surface area contributed by atoms with Gasteiger partial charge < -0.3 is 15.0 Å². The molecule has 3 nitrogen and oxygen atoms in total. The molecule has 0 saturated heterocycles. The van der Waals surface area contributed by atoms with Crippen molar-refractivity contribution in [2.24, 2.45) is 5.92 Å². The van der Waals surface area contributed by atoms with Gasteiger partial charge in [0.15, 0.2) is 0 Å². The minimum Gasteiger partial charge on any atom is -0.497 e. The van der Waals surface area contributed by atoms with E-state index in [0.717, 1.165) is 24.8 Å². The molecule has 1 aromatic rings. The van der Waals surface area contributed by atoms with Crippen molar-refractivity contribution in [2.75, 3.05) is 32.1 Å². The second-order valence-electron chi connectivity index (χ2n) is 5.94. The van der Waals surface area contributed by atoms with Crippen LogP contribution in [0, 0.1) is 5.92 Å². The van der Waals surface area contributed by atoms with Crippen LogP contribution in [0.15, 0.2) is 24.3 Å². The smallest absolute Gasteiger partial charge is 0.119 e. The Kier molecular flexibility index (Phi) is 5.72. The topological polar surface area (TPSA) is 24.5 Å². The zero-order chi connectivity index (χ0) is 14.4. The van der Waals surface area contributed by atoms with Crippen LogP contribution in [0.4, 0.5) is 5.69 Å². The minimum absolute atomic E-state index is 0.716. The van der Waals surface area contributed by atoms with E-state index in [1.807, 2.05) is 12.1 Å². The summed E-state index contributed by atoms with van der Waals surface area (Å²) in [5, 5.41) is 3.73. The lowest BCUT2D eigenvalue weighted by atomic mass is 9.86. The fourth-order valence-corrected chi connectivity index (χ4v) is 3.00. The lowest BCUT2D eigenvalue weighted by Crippen LogP contribution is -2.41.